The zero-order valence-corrected chi connectivity index (χ0v) is 13.0. The number of hydrogen-bond acceptors (Lipinski definition) is 7. The number of esters is 1. The van der Waals surface area contributed by atoms with Crippen LogP contribution in [-0.4, -0.2) is 48.6 Å². The summed E-state index contributed by atoms with van der Waals surface area (Å²) in [5.74, 6) is -1.57. The largest absolute Gasteiger partial charge is 0.469 e. The molecule has 1 aliphatic heterocycles. The van der Waals surface area contributed by atoms with E-state index in [2.05, 4.69) is 14.8 Å². The van der Waals surface area contributed by atoms with Gasteiger partial charge in [0.05, 0.1) is 7.11 Å². The van der Waals surface area contributed by atoms with Gasteiger partial charge in [0.1, 0.15) is 19.3 Å². The highest BCUT2D eigenvalue weighted by molar-refractivity contribution is 5.75. The highest BCUT2D eigenvalue weighted by atomic mass is 16.7. The maximum absolute atomic E-state index is 11.6. The summed E-state index contributed by atoms with van der Waals surface area (Å²) in [5.41, 5.74) is 6.92. The molecule has 1 aliphatic carbocycles. The van der Waals surface area contributed by atoms with E-state index in [0.29, 0.717) is 12.8 Å². The van der Waals surface area contributed by atoms with Crippen molar-refractivity contribution in [3.8, 4) is 0 Å². The number of carbonyl (C=O) groups excluding carboxylic acids is 1. The Kier molecular flexibility index (Phi) is 5.40. The average molecular weight is 328 g/mol. The maximum Gasteiger partial charge on any atom is 0.314 e. The molecule has 1 heterocycles. The molecule has 0 aromatic heterocycles. The zero-order valence-electron chi connectivity index (χ0n) is 13.0. The van der Waals surface area contributed by atoms with Gasteiger partial charge in [-0.3, -0.25) is 14.9 Å². The van der Waals surface area contributed by atoms with Crippen LogP contribution < -0.4 is 0 Å². The first kappa shape index (κ1) is 17.5. The lowest BCUT2D eigenvalue weighted by atomic mass is 9.88. The predicted octanol–water partition coefficient (Wildman–Crippen LogP) is 1.95. The van der Waals surface area contributed by atoms with Gasteiger partial charge < -0.3 is 14.2 Å². The number of nitro groups is 1. The van der Waals surface area contributed by atoms with E-state index in [9.17, 15) is 14.9 Å². The molecule has 0 amide bonds. The molecule has 2 fully saturated rings. The lowest BCUT2D eigenvalue weighted by Crippen LogP contribution is -2.59. The van der Waals surface area contributed by atoms with E-state index in [0.717, 1.165) is 26.4 Å². The normalized spacial score (nSPS) is 23.5. The van der Waals surface area contributed by atoms with Crippen molar-refractivity contribution in [2.24, 2.45) is 5.11 Å². The van der Waals surface area contributed by atoms with E-state index in [1.54, 1.807) is 0 Å². The fourth-order valence-corrected chi connectivity index (χ4v) is 3.02. The molecular weight excluding hydrogens is 308 g/mol. The van der Waals surface area contributed by atoms with Crippen molar-refractivity contribution >= 4 is 5.97 Å². The number of methoxy groups -OCH3 is 1. The number of nitrogens with zero attached hydrogens (tertiary/aromatic N) is 4. The van der Waals surface area contributed by atoms with Crippen molar-refractivity contribution < 1.29 is 23.9 Å². The Morgan fingerprint density at radius 2 is 2.00 bits per heavy atom. The quantitative estimate of drug-likeness (QED) is 0.189. The standard InChI is InChI=1S/C13H20N4O6/c1-21-11(18)10(15-16-14)7-12(17(19)20)8-22-13(23-9-12)5-3-2-4-6-13/h10H,2-9H2,1H3. The second-order valence-corrected chi connectivity index (χ2v) is 5.98. The van der Waals surface area contributed by atoms with Gasteiger partial charge in [0, 0.05) is 29.1 Å². The zero-order chi connectivity index (χ0) is 16.9. The van der Waals surface area contributed by atoms with Crippen molar-refractivity contribution in [2.75, 3.05) is 20.3 Å². The lowest BCUT2D eigenvalue weighted by Gasteiger charge is -2.44. The summed E-state index contributed by atoms with van der Waals surface area (Å²) in [6.45, 7) is -0.372. The van der Waals surface area contributed by atoms with Gasteiger partial charge in [-0.05, 0) is 18.4 Å². The minimum atomic E-state index is -1.63. The van der Waals surface area contributed by atoms with E-state index < -0.39 is 28.3 Å². The molecule has 0 radical (unpaired) electrons. The smallest absolute Gasteiger partial charge is 0.314 e. The van der Waals surface area contributed by atoms with Crippen LogP contribution >= 0.6 is 0 Å². The van der Waals surface area contributed by atoms with E-state index in [-0.39, 0.29) is 19.6 Å². The highest BCUT2D eigenvalue weighted by Crippen LogP contribution is 2.39. The predicted molar refractivity (Wildman–Crippen MR) is 77.0 cm³/mol. The third-order valence-corrected chi connectivity index (χ3v) is 4.45. The van der Waals surface area contributed by atoms with Crippen LogP contribution in [0.4, 0.5) is 0 Å². The molecule has 1 saturated heterocycles. The van der Waals surface area contributed by atoms with E-state index >= 15 is 0 Å². The van der Waals surface area contributed by atoms with Gasteiger partial charge in [-0.2, -0.15) is 0 Å². The van der Waals surface area contributed by atoms with Crippen LogP contribution in [0.5, 0.6) is 0 Å². The summed E-state index contributed by atoms with van der Waals surface area (Å²) >= 11 is 0. The third-order valence-electron chi connectivity index (χ3n) is 4.45. The molecule has 0 aromatic rings. The topological polar surface area (TPSA) is 137 Å². The van der Waals surface area contributed by atoms with E-state index in [4.69, 9.17) is 15.0 Å². The number of carbonyl (C=O) groups is 1. The molecule has 0 aromatic carbocycles. The van der Waals surface area contributed by atoms with Gasteiger partial charge in [-0.25, -0.2) is 0 Å². The Morgan fingerprint density at radius 1 is 1.39 bits per heavy atom. The number of hydrogen-bond donors (Lipinski definition) is 0. The van der Waals surface area contributed by atoms with Crippen LogP contribution in [0, 0.1) is 10.1 Å². The maximum atomic E-state index is 11.6. The molecule has 10 nitrogen and oxygen atoms in total. The highest BCUT2D eigenvalue weighted by Gasteiger charge is 2.54. The van der Waals surface area contributed by atoms with Gasteiger partial charge in [0.15, 0.2) is 5.79 Å². The fraction of sp³-hybridized carbons (Fsp3) is 0.923. The first-order valence-corrected chi connectivity index (χ1v) is 7.51. The summed E-state index contributed by atoms with van der Waals surface area (Å²) < 4.78 is 16.0. The Morgan fingerprint density at radius 3 is 2.48 bits per heavy atom. The fourth-order valence-electron chi connectivity index (χ4n) is 3.02. The first-order chi connectivity index (χ1) is 11.0. The van der Waals surface area contributed by atoms with Crippen LogP contribution in [0.15, 0.2) is 5.11 Å². The minimum Gasteiger partial charge on any atom is -0.469 e. The Labute approximate surface area is 132 Å². The van der Waals surface area contributed by atoms with Crippen LogP contribution in [0.1, 0.15) is 38.5 Å². The van der Waals surface area contributed by atoms with Gasteiger partial charge in [0.2, 0.25) is 0 Å². The third kappa shape index (κ3) is 3.72. The summed E-state index contributed by atoms with van der Waals surface area (Å²) in [6.07, 6.45) is 4.09. The number of azide groups is 1. The van der Waals surface area contributed by atoms with Crippen molar-refractivity contribution in [1.29, 1.82) is 0 Å². The monoisotopic (exact) mass is 328 g/mol. The van der Waals surface area contributed by atoms with Crippen LogP contribution in [0.3, 0.4) is 0 Å². The van der Waals surface area contributed by atoms with Gasteiger partial charge >= 0.3 is 5.97 Å². The first-order valence-electron chi connectivity index (χ1n) is 7.51. The second kappa shape index (κ2) is 7.12. The van der Waals surface area contributed by atoms with Crippen LogP contribution in [0.2, 0.25) is 0 Å². The lowest BCUT2D eigenvalue weighted by molar-refractivity contribution is -0.598. The molecule has 1 unspecified atom stereocenters. The van der Waals surface area contributed by atoms with E-state index in [1.807, 2.05) is 0 Å². The molecule has 1 atom stereocenters. The molecule has 2 aliphatic rings. The van der Waals surface area contributed by atoms with Gasteiger partial charge in [0.25, 0.3) is 5.54 Å². The van der Waals surface area contributed by atoms with E-state index in [1.165, 1.54) is 0 Å². The summed E-state index contributed by atoms with van der Waals surface area (Å²) in [5, 5.41) is 14.9. The molecule has 2 rings (SSSR count). The van der Waals surface area contributed by atoms with Crippen molar-refractivity contribution in [2.45, 2.75) is 55.9 Å². The molecule has 128 valence electrons. The molecule has 1 saturated carbocycles. The van der Waals surface area contributed by atoms with Crippen LogP contribution in [-0.2, 0) is 19.0 Å². The minimum absolute atomic E-state index is 0.186. The molecule has 0 bridgehead atoms. The SMILES string of the molecule is COC(=O)C(CC1([N+](=O)[O-])COC2(CCCCC2)OC1)N=[N+]=[N-]. The molecular formula is C13H20N4O6. The summed E-state index contributed by atoms with van der Waals surface area (Å²) in [4.78, 5) is 25.2. The Hall–Kier alpha value is -1.90. The Balaban J connectivity index is 2.13. The van der Waals surface area contributed by atoms with Crippen LogP contribution in [0.25, 0.3) is 10.4 Å². The molecule has 1 spiro atoms. The Bertz CT molecular complexity index is 503. The average Bonchev–Trinajstić information content (AvgIpc) is 2.56. The molecule has 23 heavy (non-hydrogen) atoms. The summed E-state index contributed by atoms with van der Waals surface area (Å²) in [6, 6.07) is -1.29. The molecule has 0 N–H and O–H groups in total. The molecule has 10 heteroatoms. The van der Waals surface area contributed by atoms with Crippen molar-refractivity contribution in [1.82, 2.24) is 0 Å². The number of ether oxygens (including phenoxy) is 3. The van der Waals surface area contributed by atoms with Crippen molar-refractivity contribution in [3.05, 3.63) is 20.6 Å². The van der Waals surface area contributed by atoms with Gasteiger partial charge in [-0.15, -0.1) is 0 Å². The van der Waals surface area contributed by atoms with Crippen molar-refractivity contribution in [3.63, 3.8) is 0 Å². The number of rotatable bonds is 5. The van der Waals surface area contributed by atoms with Gasteiger partial charge in [-0.1, -0.05) is 11.5 Å². The second-order valence-electron chi connectivity index (χ2n) is 5.98. The summed E-state index contributed by atoms with van der Waals surface area (Å²) in [7, 11) is 1.13.